The van der Waals surface area contributed by atoms with Gasteiger partial charge in [0.15, 0.2) is 0 Å². The van der Waals surface area contributed by atoms with Crippen molar-refractivity contribution in [3.8, 4) is 0 Å². The van der Waals surface area contributed by atoms with Gasteiger partial charge in [-0.3, -0.25) is 9.59 Å². The molecule has 2 amide bonds. The number of carbonyl (C=O) groups excluding carboxylic acids is 3. The van der Waals surface area contributed by atoms with E-state index in [2.05, 4.69) is 5.32 Å². The Kier molecular flexibility index (Phi) is 7.56. The maximum Gasteiger partial charge on any atom is 0.329 e. The summed E-state index contributed by atoms with van der Waals surface area (Å²) in [5.41, 5.74) is 0.153. The lowest BCUT2D eigenvalue weighted by atomic mass is 10.1. The Labute approximate surface area is 171 Å². The first-order chi connectivity index (χ1) is 13.6. The number of nitrogens with one attached hydrogen (secondary N) is 1. The second-order valence-corrected chi connectivity index (χ2v) is 8.16. The fourth-order valence-corrected chi connectivity index (χ4v) is 3.42. The monoisotopic (exact) mass is 402 g/mol. The number of amides is 2. The maximum absolute atomic E-state index is 13.4. The molecule has 7 nitrogen and oxygen atoms in total. The number of hydrogen-bond acceptors (Lipinski definition) is 5. The van der Waals surface area contributed by atoms with Gasteiger partial charge in [-0.2, -0.15) is 0 Å². The summed E-state index contributed by atoms with van der Waals surface area (Å²) < 4.78 is 5.51. The molecule has 158 valence electrons. The third-order valence-corrected chi connectivity index (χ3v) is 4.53. The Morgan fingerprint density at radius 3 is 2.41 bits per heavy atom. The molecule has 1 aliphatic rings. The van der Waals surface area contributed by atoms with Crippen molar-refractivity contribution >= 4 is 23.9 Å². The molecule has 1 saturated heterocycles. The van der Waals surface area contributed by atoms with E-state index in [9.17, 15) is 19.5 Å². The van der Waals surface area contributed by atoms with E-state index >= 15 is 0 Å². The number of likely N-dealkylation sites (tertiary alicyclic amines) is 1. The van der Waals surface area contributed by atoms with Gasteiger partial charge >= 0.3 is 5.97 Å². The van der Waals surface area contributed by atoms with Gasteiger partial charge < -0.3 is 20.1 Å². The van der Waals surface area contributed by atoms with Gasteiger partial charge in [-0.15, -0.1) is 0 Å². The van der Waals surface area contributed by atoms with Gasteiger partial charge in [0.05, 0.1) is 0 Å². The predicted octanol–water partition coefficient (Wildman–Crippen LogP) is 2.25. The van der Waals surface area contributed by atoms with Gasteiger partial charge in [0.2, 0.25) is 5.91 Å². The molecule has 0 saturated carbocycles. The molecule has 1 heterocycles. The lowest BCUT2D eigenvalue weighted by Gasteiger charge is -2.31. The van der Waals surface area contributed by atoms with E-state index in [1.54, 1.807) is 26.8 Å². The average molecular weight is 402 g/mol. The van der Waals surface area contributed by atoms with Crippen molar-refractivity contribution in [2.75, 3.05) is 6.61 Å². The van der Waals surface area contributed by atoms with Gasteiger partial charge in [-0.1, -0.05) is 30.3 Å². The third kappa shape index (κ3) is 6.42. The first-order valence-electron chi connectivity index (χ1n) is 9.83. The lowest BCUT2D eigenvalue weighted by molar-refractivity contribution is -0.163. The summed E-state index contributed by atoms with van der Waals surface area (Å²) in [4.78, 5) is 39.3. The standard InChI is InChI=1S/C22H30N2O5/c1-15(26)23-18(14-16-8-6-5-7-9-16)20(27)24-17(12-13-25)10-11-19(24)21(28)29-22(2,3)4/h5-9,14,17,19,25H,10-13H2,1-4H3,(H,23,26)/t17-,19+/m1/s1. The summed E-state index contributed by atoms with van der Waals surface area (Å²) in [7, 11) is 0. The minimum Gasteiger partial charge on any atom is -0.458 e. The van der Waals surface area contributed by atoms with Gasteiger partial charge in [0.25, 0.3) is 5.91 Å². The number of rotatable bonds is 6. The molecule has 0 unspecified atom stereocenters. The Bertz CT molecular complexity index is 767. The van der Waals surface area contributed by atoms with Gasteiger partial charge in [-0.25, -0.2) is 4.79 Å². The molecule has 0 aromatic heterocycles. The molecule has 7 heteroatoms. The van der Waals surface area contributed by atoms with Crippen LogP contribution in [0.15, 0.2) is 36.0 Å². The highest BCUT2D eigenvalue weighted by molar-refractivity contribution is 6.02. The van der Waals surface area contributed by atoms with E-state index in [0.717, 1.165) is 5.56 Å². The van der Waals surface area contributed by atoms with Crippen molar-refractivity contribution in [3.05, 3.63) is 41.6 Å². The number of benzene rings is 1. The fraction of sp³-hybridized carbons (Fsp3) is 0.500. The van der Waals surface area contributed by atoms with E-state index in [1.807, 2.05) is 30.3 Å². The molecule has 2 rings (SSSR count). The molecule has 0 radical (unpaired) electrons. The Hall–Kier alpha value is -2.67. The molecule has 2 atom stereocenters. The third-order valence-electron chi connectivity index (χ3n) is 4.53. The molecular formula is C22H30N2O5. The van der Waals surface area contributed by atoms with Crippen LogP contribution in [0.25, 0.3) is 6.08 Å². The van der Waals surface area contributed by atoms with Crippen molar-refractivity contribution in [1.82, 2.24) is 10.2 Å². The Morgan fingerprint density at radius 1 is 1.21 bits per heavy atom. The van der Waals surface area contributed by atoms with Crippen LogP contribution in [0.4, 0.5) is 0 Å². The zero-order valence-electron chi connectivity index (χ0n) is 17.5. The van der Waals surface area contributed by atoms with Crippen molar-refractivity contribution in [2.24, 2.45) is 0 Å². The van der Waals surface area contributed by atoms with Crippen LogP contribution in [0.5, 0.6) is 0 Å². The van der Waals surface area contributed by atoms with Crippen LogP contribution in [-0.4, -0.2) is 52.1 Å². The van der Waals surface area contributed by atoms with Gasteiger partial charge in [-0.05, 0) is 51.7 Å². The zero-order chi connectivity index (χ0) is 21.6. The number of esters is 1. The van der Waals surface area contributed by atoms with E-state index in [4.69, 9.17) is 4.74 Å². The second-order valence-electron chi connectivity index (χ2n) is 8.16. The topological polar surface area (TPSA) is 95.9 Å². The average Bonchev–Trinajstić information content (AvgIpc) is 3.04. The highest BCUT2D eigenvalue weighted by Gasteiger charge is 2.43. The lowest BCUT2D eigenvalue weighted by Crippen LogP contribution is -2.49. The minimum absolute atomic E-state index is 0.0853. The smallest absolute Gasteiger partial charge is 0.329 e. The van der Waals surface area contributed by atoms with Gasteiger partial charge in [0.1, 0.15) is 17.3 Å². The van der Waals surface area contributed by atoms with Crippen molar-refractivity contribution < 1.29 is 24.2 Å². The number of aliphatic hydroxyl groups excluding tert-OH is 1. The first kappa shape index (κ1) is 22.6. The molecule has 0 bridgehead atoms. The van der Waals surface area contributed by atoms with Crippen LogP contribution in [0.1, 0.15) is 52.5 Å². The van der Waals surface area contributed by atoms with Crippen LogP contribution in [-0.2, 0) is 19.1 Å². The quantitative estimate of drug-likeness (QED) is 0.562. The van der Waals surface area contributed by atoms with Crippen LogP contribution in [0, 0.1) is 0 Å². The molecule has 0 aliphatic carbocycles. The number of carbonyl (C=O) groups is 3. The SMILES string of the molecule is CC(=O)NC(=Cc1ccccc1)C(=O)N1[C@@H](CCO)CC[C@H]1C(=O)OC(C)(C)C. The van der Waals surface area contributed by atoms with Crippen LogP contribution >= 0.6 is 0 Å². The summed E-state index contributed by atoms with van der Waals surface area (Å²) in [5, 5.41) is 12.0. The zero-order valence-corrected chi connectivity index (χ0v) is 17.5. The maximum atomic E-state index is 13.4. The molecule has 1 aromatic carbocycles. The number of ether oxygens (including phenoxy) is 1. The predicted molar refractivity (Wildman–Crippen MR) is 109 cm³/mol. The molecule has 0 spiro atoms. The van der Waals surface area contributed by atoms with Gasteiger partial charge in [0, 0.05) is 19.6 Å². The summed E-state index contributed by atoms with van der Waals surface area (Å²) in [5.74, 6) is -1.32. The number of hydrogen-bond donors (Lipinski definition) is 2. The van der Waals surface area contributed by atoms with Crippen molar-refractivity contribution in [3.63, 3.8) is 0 Å². The number of aliphatic hydroxyl groups is 1. The summed E-state index contributed by atoms with van der Waals surface area (Å²) in [6.07, 6.45) is 2.97. The minimum atomic E-state index is -0.758. The highest BCUT2D eigenvalue weighted by Crippen LogP contribution is 2.30. The largest absolute Gasteiger partial charge is 0.458 e. The van der Waals surface area contributed by atoms with E-state index in [0.29, 0.717) is 19.3 Å². The molecule has 1 aromatic rings. The highest BCUT2D eigenvalue weighted by atomic mass is 16.6. The van der Waals surface area contributed by atoms with E-state index in [1.165, 1.54) is 11.8 Å². The Balaban J connectivity index is 2.38. The molecular weight excluding hydrogens is 372 g/mol. The Morgan fingerprint density at radius 2 is 1.86 bits per heavy atom. The van der Waals surface area contributed by atoms with Crippen LogP contribution < -0.4 is 5.32 Å². The number of nitrogens with zero attached hydrogens (tertiary/aromatic N) is 1. The normalized spacial score (nSPS) is 19.8. The molecule has 1 fully saturated rings. The summed E-state index contributed by atoms with van der Waals surface area (Å²) in [6, 6.07) is 8.08. The summed E-state index contributed by atoms with van der Waals surface area (Å²) >= 11 is 0. The van der Waals surface area contributed by atoms with E-state index in [-0.39, 0.29) is 24.3 Å². The van der Waals surface area contributed by atoms with Crippen molar-refractivity contribution in [1.29, 1.82) is 0 Å². The second kappa shape index (κ2) is 9.69. The summed E-state index contributed by atoms with van der Waals surface area (Å²) in [6.45, 7) is 6.54. The molecule has 1 aliphatic heterocycles. The molecule has 2 N–H and O–H groups in total. The van der Waals surface area contributed by atoms with Crippen molar-refractivity contribution in [2.45, 2.75) is 64.6 Å². The molecule has 29 heavy (non-hydrogen) atoms. The van der Waals surface area contributed by atoms with Crippen LogP contribution in [0.3, 0.4) is 0 Å². The first-order valence-corrected chi connectivity index (χ1v) is 9.83. The van der Waals surface area contributed by atoms with Crippen LogP contribution in [0.2, 0.25) is 0 Å². The van der Waals surface area contributed by atoms with E-state index < -0.39 is 23.5 Å². The fourth-order valence-electron chi connectivity index (χ4n) is 3.42.